The second kappa shape index (κ2) is 9.08. The van der Waals surface area contributed by atoms with Gasteiger partial charge in [-0.15, -0.1) is 0 Å². The lowest BCUT2D eigenvalue weighted by molar-refractivity contribution is -0.106. The molecule has 26 heavy (non-hydrogen) atoms. The quantitative estimate of drug-likeness (QED) is 0.445. The van der Waals surface area contributed by atoms with Crippen molar-refractivity contribution in [2.75, 3.05) is 14.2 Å². The largest absolute Gasteiger partial charge is 0.504 e. The van der Waals surface area contributed by atoms with Gasteiger partial charge in [0.05, 0.1) is 14.2 Å². The number of rotatable bonds is 8. The van der Waals surface area contributed by atoms with Crippen LogP contribution < -0.4 is 14.2 Å². The van der Waals surface area contributed by atoms with Gasteiger partial charge in [0.15, 0.2) is 35.0 Å². The molecule has 6 nitrogen and oxygen atoms in total. The highest BCUT2D eigenvalue weighted by atomic mass is 16.5. The van der Waals surface area contributed by atoms with E-state index in [0.29, 0.717) is 29.6 Å². The van der Waals surface area contributed by atoms with E-state index in [1.54, 1.807) is 36.4 Å². The van der Waals surface area contributed by atoms with Crippen LogP contribution >= 0.6 is 0 Å². The molecule has 0 saturated carbocycles. The maximum absolute atomic E-state index is 11.4. The predicted molar refractivity (Wildman–Crippen MR) is 97.4 cm³/mol. The molecular formula is C20H18O6. The molecule has 0 aromatic heterocycles. The summed E-state index contributed by atoms with van der Waals surface area (Å²) in [4.78, 5) is 21.8. The number of phenolic OH excluding ortho intramolecular Hbond substituents is 1. The van der Waals surface area contributed by atoms with Crippen molar-refractivity contribution in [1.29, 1.82) is 0 Å². The molecule has 0 spiro atoms. The van der Waals surface area contributed by atoms with Crippen LogP contribution in [0.5, 0.6) is 23.0 Å². The van der Waals surface area contributed by atoms with E-state index in [-0.39, 0.29) is 17.3 Å². The number of methoxy groups -OCH3 is 2. The van der Waals surface area contributed by atoms with E-state index < -0.39 is 0 Å². The minimum absolute atomic E-state index is 0.00106. The fourth-order valence-electron chi connectivity index (χ4n) is 2.19. The summed E-state index contributed by atoms with van der Waals surface area (Å²) < 4.78 is 15.9. The van der Waals surface area contributed by atoms with Crippen LogP contribution in [-0.4, -0.2) is 31.9 Å². The molecule has 2 aromatic carbocycles. The number of aromatic hydroxyl groups is 1. The zero-order valence-corrected chi connectivity index (χ0v) is 14.3. The van der Waals surface area contributed by atoms with Crippen LogP contribution in [-0.2, 0) is 9.59 Å². The molecule has 0 atom stereocenters. The number of carbonyl (C=O) groups is 2. The minimum Gasteiger partial charge on any atom is -0.504 e. The first-order valence-electron chi connectivity index (χ1n) is 7.63. The van der Waals surface area contributed by atoms with E-state index in [4.69, 9.17) is 14.2 Å². The standard InChI is InChI=1S/C20H18O6/c1-24-19-12-15(5-7-17(19)23)10-16(13-22)26-18-8-6-14(4-3-9-21)11-20(18)25-2/h3-13,23H,1-2H3/b4-3+,16-10-. The minimum atomic E-state index is -0.00106. The summed E-state index contributed by atoms with van der Waals surface area (Å²) in [5, 5.41) is 9.63. The molecule has 0 aliphatic carbocycles. The van der Waals surface area contributed by atoms with E-state index in [1.165, 1.54) is 32.4 Å². The third-order valence-electron chi connectivity index (χ3n) is 3.41. The molecule has 0 bridgehead atoms. The Bertz CT molecular complexity index is 851. The Morgan fingerprint density at radius 1 is 0.923 bits per heavy atom. The zero-order valence-electron chi connectivity index (χ0n) is 14.3. The van der Waals surface area contributed by atoms with Crippen LogP contribution in [0.15, 0.2) is 48.2 Å². The maximum Gasteiger partial charge on any atom is 0.185 e. The van der Waals surface area contributed by atoms with Crippen LogP contribution in [0.4, 0.5) is 0 Å². The van der Waals surface area contributed by atoms with Crippen molar-refractivity contribution in [3.05, 3.63) is 59.4 Å². The topological polar surface area (TPSA) is 82.1 Å². The van der Waals surface area contributed by atoms with E-state index in [0.717, 1.165) is 5.56 Å². The molecule has 2 aromatic rings. The lowest BCUT2D eigenvalue weighted by atomic mass is 10.1. The van der Waals surface area contributed by atoms with Gasteiger partial charge >= 0.3 is 0 Å². The van der Waals surface area contributed by atoms with Crippen molar-refractivity contribution in [3.8, 4) is 23.0 Å². The Hall–Kier alpha value is -3.54. The third-order valence-corrected chi connectivity index (χ3v) is 3.41. The molecule has 0 radical (unpaired) electrons. The smallest absolute Gasteiger partial charge is 0.185 e. The van der Waals surface area contributed by atoms with Gasteiger partial charge in [-0.05, 0) is 47.5 Å². The van der Waals surface area contributed by atoms with Crippen LogP contribution in [0.1, 0.15) is 11.1 Å². The van der Waals surface area contributed by atoms with Gasteiger partial charge in [-0.25, -0.2) is 0 Å². The van der Waals surface area contributed by atoms with Gasteiger partial charge in [-0.3, -0.25) is 9.59 Å². The first-order valence-corrected chi connectivity index (χ1v) is 7.63. The Balaban J connectivity index is 2.30. The number of benzene rings is 2. The second-order valence-electron chi connectivity index (χ2n) is 5.10. The Kier molecular flexibility index (Phi) is 6.56. The summed E-state index contributed by atoms with van der Waals surface area (Å²) in [5.74, 6) is 1.09. The summed E-state index contributed by atoms with van der Waals surface area (Å²) in [6, 6.07) is 9.70. The molecule has 0 fully saturated rings. The summed E-state index contributed by atoms with van der Waals surface area (Å²) in [6.07, 6.45) is 5.74. The first-order chi connectivity index (χ1) is 12.6. The zero-order chi connectivity index (χ0) is 18.9. The van der Waals surface area contributed by atoms with E-state index >= 15 is 0 Å². The monoisotopic (exact) mass is 354 g/mol. The molecule has 0 aliphatic rings. The molecule has 0 heterocycles. The third kappa shape index (κ3) is 4.73. The lowest BCUT2D eigenvalue weighted by Gasteiger charge is -2.11. The molecule has 6 heteroatoms. The Morgan fingerprint density at radius 2 is 1.62 bits per heavy atom. The highest BCUT2D eigenvalue weighted by Gasteiger charge is 2.09. The van der Waals surface area contributed by atoms with E-state index in [1.807, 2.05) is 0 Å². The van der Waals surface area contributed by atoms with Crippen molar-refractivity contribution in [2.45, 2.75) is 0 Å². The van der Waals surface area contributed by atoms with Gasteiger partial charge in [-0.2, -0.15) is 0 Å². The van der Waals surface area contributed by atoms with Gasteiger partial charge in [0.1, 0.15) is 6.29 Å². The number of allylic oxidation sites excluding steroid dienone is 2. The average Bonchev–Trinajstić information content (AvgIpc) is 2.67. The number of aldehydes is 2. The fourth-order valence-corrected chi connectivity index (χ4v) is 2.19. The Morgan fingerprint density at radius 3 is 2.27 bits per heavy atom. The molecule has 1 N–H and O–H groups in total. The summed E-state index contributed by atoms with van der Waals surface area (Å²) in [5.41, 5.74) is 1.37. The van der Waals surface area contributed by atoms with Gasteiger partial charge < -0.3 is 19.3 Å². The van der Waals surface area contributed by atoms with Crippen molar-refractivity contribution in [3.63, 3.8) is 0 Å². The molecule has 134 valence electrons. The predicted octanol–water partition coefficient (Wildman–Crippen LogP) is 3.24. The van der Waals surface area contributed by atoms with Crippen LogP contribution in [0.3, 0.4) is 0 Å². The SMILES string of the molecule is COc1cc(/C=C(/C=O)Oc2ccc(/C=C/C=O)cc2OC)ccc1O. The number of hydrogen-bond donors (Lipinski definition) is 1. The molecule has 0 amide bonds. The number of phenols is 1. The Labute approximate surface area is 150 Å². The average molecular weight is 354 g/mol. The van der Waals surface area contributed by atoms with Crippen LogP contribution in [0.2, 0.25) is 0 Å². The van der Waals surface area contributed by atoms with Crippen LogP contribution in [0.25, 0.3) is 12.2 Å². The first kappa shape index (κ1) is 18.8. The summed E-state index contributed by atoms with van der Waals surface area (Å²) >= 11 is 0. The van der Waals surface area contributed by atoms with Crippen LogP contribution in [0, 0.1) is 0 Å². The molecule has 0 saturated heterocycles. The highest BCUT2D eigenvalue weighted by molar-refractivity contribution is 5.80. The van der Waals surface area contributed by atoms with Gasteiger partial charge in [-0.1, -0.05) is 18.2 Å². The number of ether oxygens (including phenoxy) is 3. The fraction of sp³-hybridized carbons (Fsp3) is 0.100. The normalized spacial score (nSPS) is 11.2. The van der Waals surface area contributed by atoms with E-state index in [9.17, 15) is 14.7 Å². The number of carbonyl (C=O) groups excluding carboxylic acids is 2. The van der Waals surface area contributed by atoms with E-state index in [2.05, 4.69) is 0 Å². The second-order valence-corrected chi connectivity index (χ2v) is 5.10. The van der Waals surface area contributed by atoms with Crippen molar-refractivity contribution < 1.29 is 28.9 Å². The van der Waals surface area contributed by atoms with Gasteiger partial charge in [0.2, 0.25) is 0 Å². The van der Waals surface area contributed by atoms with Gasteiger partial charge in [0.25, 0.3) is 0 Å². The summed E-state index contributed by atoms with van der Waals surface area (Å²) in [7, 11) is 2.91. The summed E-state index contributed by atoms with van der Waals surface area (Å²) in [6.45, 7) is 0. The molecule has 2 rings (SSSR count). The molecule has 0 unspecified atom stereocenters. The van der Waals surface area contributed by atoms with Gasteiger partial charge in [0, 0.05) is 0 Å². The highest BCUT2D eigenvalue weighted by Crippen LogP contribution is 2.31. The molecule has 0 aliphatic heterocycles. The lowest BCUT2D eigenvalue weighted by Crippen LogP contribution is -1.99. The van der Waals surface area contributed by atoms with Crippen molar-refractivity contribution in [2.24, 2.45) is 0 Å². The maximum atomic E-state index is 11.4. The molecular weight excluding hydrogens is 336 g/mol. The van der Waals surface area contributed by atoms with Crippen molar-refractivity contribution >= 4 is 24.7 Å². The number of hydrogen-bond acceptors (Lipinski definition) is 6. The van der Waals surface area contributed by atoms with Crippen molar-refractivity contribution in [1.82, 2.24) is 0 Å².